The maximum absolute atomic E-state index is 11.5. The second-order valence-electron chi connectivity index (χ2n) is 11.2. The Kier molecular flexibility index (Phi) is 5.46. The average Bonchev–Trinajstić information content (AvgIpc) is 3.01. The summed E-state index contributed by atoms with van der Waals surface area (Å²) in [5, 5.41) is 32.9. The molecular formula is C24H40O4. The number of rotatable bonds is 4. The van der Waals surface area contributed by atoms with Gasteiger partial charge in [-0.15, -0.1) is 0 Å². The first-order valence-electron chi connectivity index (χ1n) is 11.7. The van der Waals surface area contributed by atoms with Gasteiger partial charge in [0.2, 0.25) is 0 Å². The summed E-state index contributed by atoms with van der Waals surface area (Å²) >= 11 is 0. The third-order valence-corrected chi connectivity index (χ3v) is 10.3. The van der Waals surface area contributed by atoms with Gasteiger partial charge in [-0.1, -0.05) is 20.8 Å². The Balaban J connectivity index is 1.63. The van der Waals surface area contributed by atoms with Crippen LogP contribution < -0.4 is 0 Å². The van der Waals surface area contributed by atoms with E-state index in [0.29, 0.717) is 36.0 Å². The number of carbonyl (C=O) groups is 1. The monoisotopic (exact) mass is 392 g/mol. The molecule has 4 rings (SSSR count). The van der Waals surface area contributed by atoms with Gasteiger partial charge in [-0.05, 0) is 97.7 Å². The van der Waals surface area contributed by atoms with E-state index in [1.54, 1.807) is 0 Å². The zero-order valence-electron chi connectivity index (χ0n) is 17.9. The Labute approximate surface area is 170 Å². The smallest absolute Gasteiger partial charge is 0.120 e. The molecule has 0 aromatic rings. The van der Waals surface area contributed by atoms with Gasteiger partial charge in [0, 0.05) is 6.42 Å². The standard InChI is InChI=1S/C24H40O4/c1-14(5-4-10-25)17-6-7-18-22-19(13-21(28)24(17,18)3)23(2)9-8-16(26)11-15(23)12-20(22)27/h10,14-22,26-28H,4-9,11-13H2,1-3H3/t14-,15+,16-,17-,18?,19?,20-,21+,22?,23+,24-/m1/s1. The molecule has 28 heavy (non-hydrogen) atoms. The molecule has 3 N–H and O–H groups in total. The van der Waals surface area contributed by atoms with Gasteiger partial charge in [-0.2, -0.15) is 0 Å². The van der Waals surface area contributed by atoms with Crippen molar-refractivity contribution >= 4 is 6.29 Å². The van der Waals surface area contributed by atoms with Crippen LogP contribution in [0.5, 0.6) is 0 Å². The van der Waals surface area contributed by atoms with Crippen LogP contribution in [0.4, 0.5) is 0 Å². The van der Waals surface area contributed by atoms with Crippen LogP contribution in [0.1, 0.15) is 78.6 Å². The first kappa shape index (κ1) is 20.8. The Hall–Kier alpha value is -0.450. The van der Waals surface area contributed by atoms with Gasteiger partial charge in [0.05, 0.1) is 18.3 Å². The third kappa shape index (κ3) is 2.93. The predicted octanol–water partition coefficient (Wildman–Crippen LogP) is 3.56. The predicted molar refractivity (Wildman–Crippen MR) is 108 cm³/mol. The van der Waals surface area contributed by atoms with Crippen molar-refractivity contribution in [3.05, 3.63) is 0 Å². The minimum atomic E-state index is -0.334. The molecule has 3 unspecified atom stereocenters. The van der Waals surface area contributed by atoms with Crippen molar-refractivity contribution in [3.63, 3.8) is 0 Å². The molecule has 0 aromatic carbocycles. The van der Waals surface area contributed by atoms with E-state index in [9.17, 15) is 20.1 Å². The van der Waals surface area contributed by atoms with Crippen molar-refractivity contribution in [1.82, 2.24) is 0 Å². The summed E-state index contributed by atoms with van der Waals surface area (Å²) in [5.74, 6) is 2.22. The molecule has 4 heteroatoms. The lowest BCUT2D eigenvalue weighted by Crippen LogP contribution is -2.62. The summed E-state index contributed by atoms with van der Waals surface area (Å²) in [4.78, 5) is 10.9. The van der Waals surface area contributed by atoms with Crippen molar-refractivity contribution in [1.29, 1.82) is 0 Å². The highest BCUT2D eigenvalue weighted by Gasteiger charge is 2.65. The van der Waals surface area contributed by atoms with Crippen molar-refractivity contribution in [2.75, 3.05) is 0 Å². The van der Waals surface area contributed by atoms with Gasteiger partial charge in [0.25, 0.3) is 0 Å². The molecule has 0 bridgehead atoms. The fourth-order valence-corrected chi connectivity index (χ4v) is 8.66. The van der Waals surface area contributed by atoms with Crippen LogP contribution >= 0.6 is 0 Å². The number of aliphatic hydroxyl groups excluding tert-OH is 3. The molecule has 0 amide bonds. The van der Waals surface area contributed by atoms with Crippen molar-refractivity contribution in [2.45, 2.75) is 96.9 Å². The second-order valence-corrected chi connectivity index (χ2v) is 11.2. The van der Waals surface area contributed by atoms with Gasteiger partial charge in [0.1, 0.15) is 6.29 Å². The fourth-order valence-electron chi connectivity index (χ4n) is 8.66. The van der Waals surface area contributed by atoms with Crippen molar-refractivity contribution in [3.8, 4) is 0 Å². The fraction of sp³-hybridized carbons (Fsp3) is 0.958. The van der Waals surface area contributed by atoms with E-state index < -0.39 is 0 Å². The molecule has 0 aromatic heterocycles. The minimum absolute atomic E-state index is 0.132. The molecule has 160 valence electrons. The van der Waals surface area contributed by atoms with Crippen LogP contribution in [-0.2, 0) is 4.79 Å². The van der Waals surface area contributed by atoms with Crippen LogP contribution in [0, 0.1) is 46.3 Å². The summed E-state index contributed by atoms with van der Waals surface area (Å²) in [6.07, 6.45) is 8.11. The molecule has 4 aliphatic carbocycles. The van der Waals surface area contributed by atoms with E-state index in [0.717, 1.165) is 57.7 Å². The molecule has 4 aliphatic rings. The van der Waals surface area contributed by atoms with Gasteiger partial charge in [-0.3, -0.25) is 0 Å². The third-order valence-electron chi connectivity index (χ3n) is 10.3. The minimum Gasteiger partial charge on any atom is -0.393 e. The summed E-state index contributed by atoms with van der Waals surface area (Å²) in [5.41, 5.74) is -0.0194. The van der Waals surface area contributed by atoms with E-state index in [-0.39, 0.29) is 35.1 Å². The number of aliphatic hydroxyl groups is 3. The topological polar surface area (TPSA) is 77.8 Å². The molecule has 0 spiro atoms. The van der Waals surface area contributed by atoms with Crippen LogP contribution in [0.25, 0.3) is 0 Å². The Morgan fingerprint density at radius 3 is 2.50 bits per heavy atom. The van der Waals surface area contributed by atoms with Crippen molar-refractivity contribution < 1.29 is 20.1 Å². The Morgan fingerprint density at radius 1 is 1.04 bits per heavy atom. The lowest BCUT2D eigenvalue weighted by atomic mass is 9.43. The Bertz CT molecular complexity index is 593. The van der Waals surface area contributed by atoms with E-state index in [1.165, 1.54) is 0 Å². The largest absolute Gasteiger partial charge is 0.393 e. The quantitative estimate of drug-likeness (QED) is 0.639. The number of fused-ring (bicyclic) bond motifs is 5. The van der Waals surface area contributed by atoms with Crippen LogP contribution in [0.3, 0.4) is 0 Å². The normalized spacial score (nSPS) is 54.4. The second kappa shape index (κ2) is 7.35. The molecule has 4 fully saturated rings. The highest BCUT2D eigenvalue weighted by atomic mass is 16.3. The van der Waals surface area contributed by atoms with Gasteiger partial charge < -0.3 is 20.1 Å². The summed E-state index contributed by atoms with van der Waals surface area (Å²) in [7, 11) is 0. The summed E-state index contributed by atoms with van der Waals surface area (Å²) in [6, 6.07) is 0. The highest BCUT2D eigenvalue weighted by Crippen LogP contribution is 2.68. The molecular weight excluding hydrogens is 352 g/mol. The lowest BCUT2D eigenvalue weighted by Gasteiger charge is -2.63. The average molecular weight is 393 g/mol. The molecule has 0 saturated heterocycles. The zero-order chi connectivity index (χ0) is 20.3. The summed E-state index contributed by atoms with van der Waals surface area (Å²) < 4.78 is 0. The SMILES string of the molecule is C[C@H](CCC=O)[C@H]1CCC2C3C(C[C@H](O)[C@@]21C)[C@@]1(C)CC[C@@H](O)C[C@H]1C[C@H]3O. The molecule has 11 atom stereocenters. The van der Waals surface area contributed by atoms with Crippen molar-refractivity contribution in [2.24, 2.45) is 46.3 Å². The number of hydrogen-bond acceptors (Lipinski definition) is 4. The van der Waals surface area contributed by atoms with Crippen LogP contribution in [-0.4, -0.2) is 39.9 Å². The molecule has 0 radical (unpaired) electrons. The van der Waals surface area contributed by atoms with Gasteiger partial charge in [-0.25, -0.2) is 0 Å². The molecule has 0 heterocycles. The zero-order valence-corrected chi connectivity index (χ0v) is 17.9. The molecule has 0 aliphatic heterocycles. The molecule has 4 nitrogen and oxygen atoms in total. The van der Waals surface area contributed by atoms with E-state index in [1.807, 2.05) is 0 Å². The van der Waals surface area contributed by atoms with E-state index >= 15 is 0 Å². The van der Waals surface area contributed by atoms with Gasteiger partial charge in [0.15, 0.2) is 0 Å². The lowest BCUT2D eigenvalue weighted by molar-refractivity contribution is -0.207. The number of hydrogen-bond donors (Lipinski definition) is 3. The summed E-state index contributed by atoms with van der Waals surface area (Å²) in [6.45, 7) is 6.90. The first-order valence-corrected chi connectivity index (χ1v) is 11.7. The number of carbonyl (C=O) groups excluding carboxylic acids is 1. The molecule has 4 saturated carbocycles. The first-order chi connectivity index (χ1) is 13.2. The van der Waals surface area contributed by atoms with Crippen LogP contribution in [0.2, 0.25) is 0 Å². The maximum Gasteiger partial charge on any atom is 0.120 e. The Morgan fingerprint density at radius 2 is 1.79 bits per heavy atom. The van der Waals surface area contributed by atoms with E-state index in [4.69, 9.17) is 0 Å². The van der Waals surface area contributed by atoms with Gasteiger partial charge >= 0.3 is 0 Å². The van der Waals surface area contributed by atoms with Crippen LogP contribution in [0.15, 0.2) is 0 Å². The van der Waals surface area contributed by atoms with E-state index in [2.05, 4.69) is 20.8 Å². The highest BCUT2D eigenvalue weighted by molar-refractivity contribution is 5.49. The maximum atomic E-state index is 11.5. The number of aldehydes is 1.